The van der Waals surface area contributed by atoms with Gasteiger partial charge >= 0.3 is 5.97 Å². The van der Waals surface area contributed by atoms with Gasteiger partial charge in [0.1, 0.15) is 6.54 Å². The minimum absolute atomic E-state index is 0. The van der Waals surface area contributed by atoms with Gasteiger partial charge in [0.15, 0.2) is 0 Å². The largest absolute Gasteiger partial charge is 1.00 e. The summed E-state index contributed by atoms with van der Waals surface area (Å²) in [4.78, 5) is 10.6. The van der Waals surface area contributed by atoms with Crippen molar-refractivity contribution in [1.29, 1.82) is 0 Å². The van der Waals surface area contributed by atoms with Gasteiger partial charge in [-0.3, -0.25) is 4.79 Å². The van der Waals surface area contributed by atoms with Crippen molar-refractivity contribution in [3.8, 4) is 0 Å². The van der Waals surface area contributed by atoms with E-state index in [1.54, 1.807) is 0 Å². The Kier molecular flexibility index (Phi) is 8.14. The second-order valence-corrected chi connectivity index (χ2v) is 7.08. The smallest absolute Gasteiger partial charge is 0.303 e. The molecule has 3 rings (SSSR count). The van der Waals surface area contributed by atoms with Crippen molar-refractivity contribution in [3.05, 3.63) is 64.7 Å². The van der Waals surface area contributed by atoms with Crippen LogP contribution in [0.3, 0.4) is 0 Å². The van der Waals surface area contributed by atoms with E-state index in [1.807, 2.05) is 33.7 Å². The Balaban J connectivity index is 0.00000261. The molecule has 0 atom stereocenters. The molecule has 4 nitrogen and oxygen atoms in total. The number of aryl methyl sites for hydroxylation is 1. The molecular formula is C20H21BrCl2N2O2. The number of carbonyl (C=O) groups is 1. The molecule has 0 aliphatic rings. The summed E-state index contributed by atoms with van der Waals surface area (Å²) in [5.74, 6) is -0.750. The van der Waals surface area contributed by atoms with Crippen LogP contribution in [0, 0.1) is 0 Å². The number of hydrogen-bond donors (Lipinski definition) is 1. The van der Waals surface area contributed by atoms with E-state index in [2.05, 4.69) is 24.3 Å². The third-order valence-corrected chi connectivity index (χ3v) is 5.35. The number of benzene rings is 2. The molecule has 0 bridgehead atoms. The Labute approximate surface area is 179 Å². The van der Waals surface area contributed by atoms with E-state index in [-0.39, 0.29) is 23.4 Å². The summed E-state index contributed by atoms with van der Waals surface area (Å²) in [6.07, 6.45) is 4.54. The third kappa shape index (κ3) is 5.47. The average molecular weight is 472 g/mol. The molecule has 7 heteroatoms. The highest BCUT2D eigenvalue weighted by molar-refractivity contribution is 6.39. The molecule has 0 amide bonds. The predicted molar refractivity (Wildman–Crippen MR) is 104 cm³/mol. The van der Waals surface area contributed by atoms with Crippen molar-refractivity contribution in [2.75, 3.05) is 0 Å². The number of halogens is 3. The lowest BCUT2D eigenvalue weighted by Gasteiger charge is -2.04. The molecule has 0 aliphatic heterocycles. The molecule has 1 N–H and O–H groups in total. The van der Waals surface area contributed by atoms with Crippen molar-refractivity contribution < 1.29 is 31.4 Å². The molecular weight excluding hydrogens is 451 g/mol. The minimum atomic E-state index is -0.750. The third-order valence-electron chi connectivity index (χ3n) is 4.46. The van der Waals surface area contributed by atoms with E-state index in [0.29, 0.717) is 23.3 Å². The van der Waals surface area contributed by atoms with E-state index in [4.69, 9.17) is 28.3 Å². The molecule has 27 heavy (non-hydrogen) atoms. The topological polar surface area (TPSA) is 46.1 Å². The fourth-order valence-corrected chi connectivity index (χ4v) is 3.57. The quantitative estimate of drug-likeness (QED) is 0.403. The van der Waals surface area contributed by atoms with Crippen LogP contribution in [0.15, 0.2) is 48.8 Å². The van der Waals surface area contributed by atoms with Crippen molar-refractivity contribution in [2.45, 2.75) is 38.8 Å². The number of unbranched alkanes of at least 4 members (excludes halogenated alkanes) is 2. The lowest BCUT2D eigenvalue weighted by atomic mass is 10.0. The number of imidazole rings is 1. The first kappa shape index (κ1) is 21.7. The molecule has 0 unspecified atom stereocenters. The fraction of sp³-hybridized carbons (Fsp3) is 0.300. The van der Waals surface area contributed by atoms with E-state index < -0.39 is 5.97 Å². The summed E-state index contributed by atoms with van der Waals surface area (Å²) in [6, 6.07) is 14.5. The number of rotatable bonds is 8. The summed E-state index contributed by atoms with van der Waals surface area (Å²) in [5.41, 5.74) is 1.19. The van der Waals surface area contributed by atoms with Gasteiger partial charge in [-0.25, -0.2) is 9.13 Å². The van der Waals surface area contributed by atoms with Crippen molar-refractivity contribution in [2.24, 2.45) is 0 Å². The van der Waals surface area contributed by atoms with Crippen LogP contribution in [0.5, 0.6) is 0 Å². The highest BCUT2D eigenvalue weighted by Gasteiger charge is 2.20. The fourth-order valence-electron chi connectivity index (χ4n) is 3.12. The number of aromatic nitrogens is 2. The Hall–Kier alpha value is -1.56. The van der Waals surface area contributed by atoms with Crippen LogP contribution < -0.4 is 21.5 Å². The summed E-state index contributed by atoms with van der Waals surface area (Å²) in [7, 11) is 0. The van der Waals surface area contributed by atoms with Gasteiger partial charge in [-0.15, -0.1) is 0 Å². The molecule has 0 radical (unpaired) electrons. The second kappa shape index (κ2) is 10.1. The molecule has 2 aromatic carbocycles. The zero-order valence-electron chi connectivity index (χ0n) is 14.7. The molecule has 0 saturated carbocycles. The summed E-state index contributed by atoms with van der Waals surface area (Å²) < 4.78 is 3.87. The molecule has 0 saturated heterocycles. The van der Waals surface area contributed by atoms with E-state index in [9.17, 15) is 4.79 Å². The van der Waals surface area contributed by atoms with E-state index in [1.165, 1.54) is 16.3 Å². The number of carboxylic acid groups (broad SMARTS) is 1. The van der Waals surface area contributed by atoms with Crippen LogP contribution >= 0.6 is 23.2 Å². The van der Waals surface area contributed by atoms with Gasteiger partial charge in [0.2, 0.25) is 6.33 Å². The predicted octanol–water partition coefficient (Wildman–Crippen LogP) is 1.93. The molecule has 3 aromatic rings. The van der Waals surface area contributed by atoms with Crippen LogP contribution in [-0.4, -0.2) is 15.6 Å². The molecule has 0 aliphatic carbocycles. The number of carboxylic acids is 1. The molecule has 0 fully saturated rings. The molecule has 1 aromatic heterocycles. The van der Waals surface area contributed by atoms with Gasteiger partial charge in [-0.2, -0.15) is 0 Å². The lowest BCUT2D eigenvalue weighted by molar-refractivity contribution is -0.685. The first-order valence-corrected chi connectivity index (χ1v) is 9.44. The Morgan fingerprint density at radius 3 is 2.56 bits per heavy atom. The van der Waals surface area contributed by atoms with Crippen LogP contribution in [0.2, 0.25) is 10.3 Å². The van der Waals surface area contributed by atoms with Crippen LogP contribution in [0.1, 0.15) is 31.2 Å². The van der Waals surface area contributed by atoms with E-state index >= 15 is 0 Å². The molecule has 1 heterocycles. The maximum absolute atomic E-state index is 10.6. The summed E-state index contributed by atoms with van der Waals surface area (Å²) >= 11 is 12.8. The maximum atomic E-state index is 10.6. The summed E-state index contributed by atoms with van der Waals surface area (Å²) in [6.45, 7) is 1.37. The normalized spacial score (nSPS) is 10.7. The molecule has 0 spiro atoms. The van der Waals surface area contributed by atoms with Gasteiger partial charge in [0.25, 0.3) is 10.3 Å². The van der Waals surface area contributed by atoms with Gasteiger partial charge in [-0.05, 0) is 53.2 Å². The van der Waals surface area contributed by atoms with Gasteiger partial charge in [0, 0.05) is 12.0 Å². The standard InChI is InChI=1S/C20H20Cl2N2O2.BrH/c21-19-20(22)24(14-23(19)12-5-1-2-11-18(25)26)13-16-9-6-8-15-7-3-4-10-17(15)16;/h3-4,6-10,14H,1-2,5,11-13H2;1H. The van der Waals surface area contributed by atoms with Crippen molar-refractivity contribution in [1.82, 2.24) is 4.57 Å². The first-order chi connectivity index (χ1) is 12.6. The number of nitrogens with zero attached hydrogens (tertiary/aromatic N) is 2. The van der Waals surface area contributed by atoms with Crippen molar-refractivity contribution >= 4 is 39.9 Å². The zero-order chi connectivity index (χ0) is 18.5. The van der Waals surface area contributed by atoms with Crippen molar-refractivity contribution in [3.63, 3.8) is 0 Å². The number of hydrogen-bond acceptors (Lipinski definition) is 1. The van der Waals surface area contributed by atoms with Gasteiger partial charge in [0.05, 0.1) is 6.54 Å². The first-order valence-electron chi connectivity index (χ1n) is 8.68. The minimum Gasteiger partial charge on any atom is -1.00 e. The maximum Gasteiger partial charge on any atom is 0.303 e. The van der Waals surface area contributed by atoms with Crippen LogP contribution in [-0.2, 0) is 17.9 Å². The Morgan fingerprint density at radius 2 is 1.78 bits per heavy atom. The highest BCUT2D eigenvalue weighted by atomic mass is 79.9. The number of fused-ring (bicyclic) bond motifs is 1. The summed E-state index contributed by atoms with van der Waals surface area (Å²) in [5, 5.41) is 12.1. The van der Waals surface area contributed by atoms with Crippen LogP contribution in [0.4, 0.5) is 0 Å². The Bertz CT molecular complexity index is 922. The average Bonchev–Trinajstić information content (AvgIpc) is 2.89. The second-order valence-electron chi connectivity index (χ2n) is 6.36. The SMILES string of the molecule is O=C(O)CCCCCn1c[n+](Cc2cccc3ccccc23)c(Cl)c1Cl.[Br-]. The van der Waals surface area contributed by atoms with Gasteiger partial charge in [-0.1, -0.05) is 42.5 Å². The monoisotopic (exact) mass is 470 g/mol. The number of aliphatic carboxylic acids is 1. The zero-order valence-corrected chi connectivity index (χ0v) is 17.8. The van der Waals surface area contributed by atoms with Crippen LogP contribution in [0.25, 0.3) is 10.8 Å². The van der Waals surface area contributed by atoms with Gasteiger partial charge < -0.3 is 22.1 Å². The lowest BCUT2D eigenvalue weighted by Crippen LogP contribution is -3.00. The Morgan fingerprint density at radius 1 is 1.04 bits per heavy atom. The molecule has 144 valence electrons. The van der Waals surface area contributed by atoms with E-state index in [0.717, 1.165) is 19.4 Å². The highest BCUT2D eigenvalue weighted by Crippen LogP contribution is 2.22.